The summed E-state index contributed by atoms with van der Waals surface area (Å²) in [6.45, 7) is 0.859. The number of amides is 1. The monoisotopic (exact) mass is 309 g/mol. The van der Waals surface area contributed by atoms with Gasteiger partial charge in [-0.2, -0.15) is 5.10 Å². The third-order valence-electron chi connectivity index (χ3n) is 3.08. The zero-order valence-electron chi connectivity index (χ0n) is 12.3. The van der Waals surface area contributed by atoms with Crippen molar-refractivity contribution in [3.63, 3.8) is 0 Å². The van der Waals surface area contributed by atoms with Crippen LogP contribution in [0.5, 0.6) is 0 Å². The van der Waals surface area contributed by atoms with Crippen LogP contribution in [0.3, 0.4) is 0 Å². The molecular formula is C16H15N5O2. The number of carbonyl (C=O) groups is 1. The van der Waals surface area contributed by atoms with Crippen LogP contribution in [0, 0.1) is 0 Å². The van der Waals surface area contributed by atoms with Gasteiger partial charge in [-0.25, -0.2) is 14.8 Å². The van der Waals surface area contributed by atoms with Gasteiger partial charge < -0.3 is 4.74 Å². The topological polar surface area (TPSA) is 81.9 Å². The molecule has 7 nitrogen and oxygen atoms in total. The molecule has 0 aliphatic heterocycles. The van der Waals surface area contributed by atoms with Gasteiger partial charge in [-0.15, -0.1) is 0 Å². The number of aromatic nitrogens is 4. The first-order chi connectivity index (χ1) is 11.3. The molecule has 1 aromatic carbocycles. The molecular weight excluding hydrogens is 294 g/mol. The van der Waals surface area contributed by atoms with E-state index in [0.717, 1.165) is 11.1 Å². The highest BCUT2D eigenvalue weighted by molar-refractivity contribution is 5.83. The number of carbonyl (C=O) groups excluding carboxylic acids is 1. The quantitative estimate of drug-likeness (QED) is 0.783. The minimum Gasteiger partial charge on any atom is -0.444 e. The van der Waals surface area contributed by atoms with Crippen molar-refractivity contribution >= 4 is 11.9 Å². The molecule has 0 bridgehead atoms. The molecule has 0 unspecified atom stereocenters. The van der Waals surface area contributed by atoms with E-state index in [4.69, 9.17) is 4.74 Å². The molecule has 1 N–H and O–H groups in total. The van der Waals surface area contributed by atoms with Crippen LogP contribution in [0.25, 0.3) is 0 Å². The molecule has 0 spiro atoms. The van der Waals surface area contributed by atoms with Gasteiger partial charge in [-0.3, -0.25) is 10.00 Å². The Bertz CT molecular complexity index is 759. The van der Waals surface area contributed by atoms with Gasteiger partial charge in [0.05, 0.1) is 6.54 Å². The molecule has 2 aromatic heterocycles. The Kier molecular flexibility index (Phi) is 4.58. The molecule has 7 heteroatoms. The van der Waals surface area contributed by atoms with Crippen molar-refractivity contribution in [1.82, 2.24) is 19.7 Å². The van der Waals surface area contributed by atoms with E-state index in [1.165, 1.54) is 6.33 Å². The highest BCUT2D eigenvalue weighted by atomic mass is 16.5. The van der Waals surface area contributed by atoms with E-state index in [9.17, 15) is 4.79 Å². The van der Waals surface area contributed by atoms with Gasteiger partial charge in [0.15, 0.2) is 0 Å². The van der Waals surface area contributed by atoms with E-state index < -0.39 is 6.09 Å². The van der Waals surface area contributed by atoms with Gasteiger partial charge >= 0.3 is 6.09 Å². The first-order valence-electron chi connectivity index (χ1n) is 7.04. The number of benzene rings is 1. The Morgan fingerprint density at radius 3 is 2.87 bits per heavy atom. The number of nitrogens with zero attached hydrogens (tertiary/aromatic N) is 4. The zero-order valence-corrected chi connectivity index (χ0v) is 12.3. The van der Waals surface area contributed by atoms with E-state index in [1.807, 2.05) is 41.2 Å². The van der Waals surface area contributed by atoms with Crippen LogP contribution in [-0.4, -0.2) is 25.8 Å². The lowest BCUT2D eigenvalue weighted by atomic mass is 10.1. The molecule has 3 aromatic rings. The van der Waals surface area contributed by atoms with Crippen molar-refractivity contribution in [3.8, 4) is 0 Å². The molecule has 0 radical (unpaired) electrons. The van der Waals surface area contributed by atoms with Crippen molar-refractivity contribution in [2.24, 2.45) is 0 Å². The largest absolute Gasteiger partial charge is 0.444 e. The van der Waals surface area contributed by atoms with E-state index in [-0.39, 0.29) is 6.61 Å². The molecule has 0 aliphatic carbocycles. The predicted molar refractivity (Wildman–Crippen MR) is 83.6 cm³/mol. The van der Waals surface area contributed by atoms with Crippen LogP contribution < -0.4 is 5.32 Å². The lowest BCUT2D eigenvalue weighted by molar-refractivity contribution is 0.155. The fraction of sp³-hybridized carbons (Fsp3) is 0.125. The van der Waals surface area contributed by atoms with Crippen molar-refractivity contribution in [3.05, 3.63) is 72.4 Å². The third-order valence-corrected chi connectivity index (χ3v) is 3.08. The second-order valence-electron chi connectivity index (χ2n) is 4.82. The van der Waals surface area contributed by atoms with Crippen LogP contribution >= 0.6 is 0 Å². The van der Waals surface area contributed by atoms with Gasteiger partial charge in [0, 0.05) is 18.6 Å². The third kappa shape index (κ3) is 4.37. The van der Waals surface area contributed by atoms with Crippen LogP contribution in [0.4, 0.5) is 10.6 Å². The Labute approximate surface area is 133 Å². The predicted octanol–water partition coefficient (Wildman–Crippen LogP) is 2.47. The fourth-order valence-electron chi connectivity index (χ4n) is 2.05. The second kappa shape index (κ2) is 7.17. The zero-order chi connectivity index (χ0) is 15.9. The molecule has 0 fully saturated rings. The summed E-state index contributed by atoms with van der Waals surface area (Å²) < 4.78 is 7.02. The summed E-state index contributed by atoms with van der Waals surface area (Å²) in [6.07, 6.45) is 5.99. The molecule has 0 atom stereocenters. The molecule has 0 saturated carbocycles. The van der Waals surface area contributed by atoms with Gasteiger partial charge in [-0.1, -0.05) is 24.3 Å². The molecule has 23 heavy (non-hydrogen) atoms. The summed E-state index contributed by atoms with van der Waals surface area (Å²) in [5.41, 5.74) is 2.00. The van der Waals surface area contributed by atoms with E-state index in [1.54, 1.807) is 18.5 Å². The summed E-state index contributed by atoms with van der Waals surface area (Å²) in [7, 11) is 0. The summed E-state index contributed by atoms with van der Waals surface area (Å²) in [5, 5.41) is 6.71. The van der Waals surface area contributed by atoms with Crippen LogP contribution in [0.1, 0.15) is 11.1 Å². The highest BCUT2D eigenvalue weighted by Gasteiger charge is 2.05. The lowest BCUT2D eigenvalue weighted by Gasteiger charge is -2.08. The Morgan fingerprint density at radius 2 is 2.09 bits per heavy atom. The van der Waals surface area contributed by atoms with Crippen LogP contribution in [0.15, 0.2) is 61.3 Å². The number of nitrogens with one attached hydrogen (secondary N) is 1. The van der Waals surface area contributed by atoms with Gasteiger partial charge in [0.2, 0.25) is 0 Å². The standard InChI is InChI=1S/C16H15N5O2/c22-16(20-15-5-7-17-12-18-15)23-11-14-4-1-3-13(9-14)10-21-8-2-6-19-21/h1-9,12H,10-11H2,(H,17,18,20,22). The average molecular weight is 309 g/mol. The number of rotatable bonds is 5. The van der Waals surface area contributed by atoms with E-state index in [0.29, 0.717) is 12.4 Å². The number of hydrogen-bond acceptors (Lipinski definition) is 5. The highest BCUT2D eigenvalue weighted by Crippen LogP contribution is 2.09. The molecule has 3 rings (SSSR count). The van der Waals surface area contributed by atoms with E-state index in [2.05, 4.69) is 20.4 Å². The molecule has 116 valence electrons. The second-order valence-corrected chi connectivity index (χ2v) is 4.82. The first kappa shape index (κ1) is 14.7. The minimum absolute atomic E-state index is 0.184. The Hall–Kier alpha value is -3.22. The maximum atomic E-state index is 11.7. The maximum Gasteiger partial charge on any atom is 0.413 e. The van der Waals surface area contributed by atoms with Crippen molar-refractivity contribution in [2.75, 3.05) is 5.32 Å². The first-order valence-corrected chi connectivity index (χ1v) is 7.04. The van der Waals surface area contributed by atoms with Crippen LogP contribution in [-0.2, 0) is 17.9 Å². The smallest absolute Gasteiger partial charge is 0.413 e. The summed E-state index contributed by atoms with van der Waals surface area (Å²) in [5.74, 6) is 0.400. The Morgan fingerprint density at radius 1 is 1.17 bits per heavy atom. The molecule has 1 amide bonds. The van der Waals surface area contributed by atoms with Crippen molar-refractivity contribution in [1.29, 1.82) is 0 Å². The number of ether oxygens (including phenoxy) is 1. The van der Waals surface area contributed by atoms with Gasteiger partial charge in [0.25, 0.3) is 0 Å². The lowest BCUT2D eigenvalue weighted by Crippen LogP contribution is -2.14. The molecule has 2 heterocycles. The average Bonchev–Trinajstić information content (AvgIpc) is 3.07. The maximum absolute atomic E-state index is 11.7. The van der Waals surface area contributed by atoms with E-state index >= 15 is 0 Å². The fourth-order valence-corrected chi connectivity index (χ4v) is 2.05. The number of hydrogen-bond donors (Lipinski definition) is 1. The minimum atomic E-state index is -0.554. The SMILES string of the molecule is O=C(Nc1ccncn1)OCc1cccc(Cn2cccn2)c1. The van der Waals surface area contributed by atoms with Gasteiger partial charge in [-0.05, 0) is 23.3 Å². The van der Waals surface area contributed by atoms with Gasteiger partial charge in [0.1, 0.15) is 18.8 Å². The Balaban J connectivity index is 1.54. The summed E-state index contributed by atoms with van der Waals surface area (Å²) in [4.78, 5) is 19.4. The van der Waals surface area contributed by atoms with Crippen LogP contribution in [0.2, 0.25) is 0 Å². The van der Waals surface area contributed by atoms with Crippen molar-refractivity contribution < 1.29 is 9.53 Å². The summed E-state index contributed by atoms with van der Waals surface area (Å²) in [6, 6.07) is 11.3. The molecule has 0 aliphatic rings. The normalized spacial score (nSPS) is 10.3. The summed E-state index contributed by atoms with van der Waals surface area (Å²) >= 11 is 0. The number of anilines is 1. The van der Waals surface area contributed by atoms with Crippen molar-refractivity contribution in [2.45, 2.75) is 13.2 Å². The molecule has 0 saturated heterocycles.